The number of hydrogen-bond donors (Lipinski definition) is 2. The number of aryl methyl sites for hydroxylation is 1. The average molecular weight is 359 g/mol. The SMILES string of the molecule is CC1=CC(C)(C)N2C(=O)[C@]3(NC(=O)c4ccccc4N3)c3cc(C)cc1c32. The van der Waals surface area contributed by atoms with Crippen molar-refractivity contribution in [3.05, 3.63) is 64.7 Å². The van der Waals surface area contributed by atoms with Crippen molar-refractivity contribution in [1.29, 1.82) is 0 Å². The van der Waals surface area contributed by atoms with Gasteiger partial charge in [0.2, 0.25) is 5.66 Å². The molecule has 136 valence electrons. The lowest BCUT2D eigenvalue weighted by Crippen LogP contribution is -2.62. The first kappa shape index (κ1) is 16.1. The maximum Gasteiger partial charge on any atom is 0.279 e. The molecule has 1 atom stereocenters. The highest BCUT2D eigenvalue weighted by Gasteiger charge is 2.59. The van der Waals surface area contributed by atoms with Crippen LogP contribution in [0.5, 0.6) is 0 Å². The van der Waals surface area contributed by atoms with Gasteiger partial charge in [-0.3, -0.25) is 14.5 Å². The molecule has 27 heavy (non-hydrogen) atoms. The fourth-order valence-corrected chi connectivity index (χ4v) is 4.72. The second kappa shape index (κ2) is 4.80. The van der Waals surface area contributed by atoms with E-state index in [-0.39, 0.29) is 11.8 Å². The van der Waals surface area contributed by atoms with Gasteiger partial charge in [0.05, 0.1) is 16.8 Å². The molecule has 0 bridgehead atoms. The van der Waals surface area contributed by atoms with Crippen LogP contribution in [0.15, 0.2) is 42.5 Å². The van der Waals surface area contributed by atoms with Crippen LogP contribution < -0.4 is 15.5 Å². The Bertz CT molecular complexity index is 1080. The molecule has 2 aromatic rings. The van der Waals surface area contributed by atoms with E-state index in [4.69, 9.17) is 0 Å². The Balaban J connectivity index is 1.82. The molecule has 0 aromatic heterocycles. The molecule has 1 spiro atoms. The van der Waals surface area contributed by atoms with Crippen LogP contribution in [0.2, 0.25) is 0 Å². The highest BCUT2D eigenvalue weighted by atomic mass is 16.2. The van der Waals surface area contributed by atoms with Crippen molar-refractivity contribution >= 4 is 28.8 Å². The Morgan fingerprint density at radius 1 is 0.963 bits per heavy atom. The van der Waals surface area contributed by atoms with Crippen LogP contribution in [0, 0.1) is 6.92 Å². The van der Waals surface area contributed by atoms with Gasteiger partial charge in [0.1, 0.15) is 0 Å². The van der Waals surface area contributed by atoms with Crippen LogP contribution in [-0.4, -0.2) is 17.4 Å². The van der Waals surface area contributed by atoms with Gasteiger partial charge in [-0.2, -0.15) is 0 Å². The normalized spacial score (nSPS) is 24.1. The molecule has 3 aliphatic rings. The van der Waals surface area contributed by atoms with E-state index in [1.165, 1.54) is 0 Å². The predicted octanol–water partition coefficient (Wildman–Crippen LogP) is 3.55. The lowest BCUT2D eigenvalue weighted by Gasteiger charge is -2.40. The Morgan fingerprint density at radius 2 is 1.70 bits per heavy atom. The van der Waals surface area contributed by atoms with Crippen molar-refractivity contribution in [3.8, 4) is 0 Å². The van der Waals surface area contributed by atoms with Gasteiger partial charge in [0.25, 0.3) is 11.8 Å². The van der Waals surface area contributed by atoms with Crippen LogP contribution in [0.25, 0.3) is 5.57 Å². The van der Waals surface area contributed by atoms with Crippen LogP contribution in [0.1, 0.15) is 47.8 Å². The first-order chi connectivity index (χ1) is 12.7. The van der Waals surface area contributed by atoms with Gasteiger partial charge in [0, 0.05) is 16.8 Å². The minimum atomic E-state index is -1.28. The van der Waals surface area contributed by atoms with E-state index in [1.807, 2.05) is 49.9 Å². The molecular formula is C22H21N3O2. The van der Waals surface area contributed by atoms with E-state index in [0.29, 0.717) is 11.3 Å². The molecule has 5 rings (SSSR count). The maximum atomic E-state index is 13.8. The Labute approximate surface area is 158 Å². The summed E-state index contributed by atoms with van der Waals surface area (Å²) >= 11 is 0. The monoisotopic (exact) mass is 359 g/mol. The second-order valence-electron chi connectivity index (χ2n) is 8.20. The Hall–Kier alpha value is -3.08. The second-order valence-corrected chi connectivity index (χ2v) is 8.20. The largest absolute Gasteiger partial charge is 0.350 e. The lowest BCUT2D eigenvalue weighted by atomic mass is 9.87. The number of carbonyl (C=O) groups excluding carboxylic acids is 2. The summed E-state index contributed by atoms with van der Waals surface area (Å²) in [4.78, 5) is 28.5. The smallest absolute Gasteiger partial charge is 0.279 e. The van der Waals surface area contributed by atoms with E-state index in [1.54, 1.807) is 6.07 Å². The molecule has 3 aliphatic heterocycles. The van der Waals surface area contributed by atoms with Crippen molar-refractivity contribution in [2.75, 3.05) is 10.2 Å². The van der Waals surface area contributed by atoms with Gasteiger partial charge >= 0.3 is 0 Å². The van der Waals surface area contributed by atoms with E-state index in [9.17, 15) is 9.59 Å². The van der Waals surface area contributed by atoms with Crippen molar-refractivity contribution in [2.24, 2.45) is 0 Å². The summed E-state index contributed by atoms with van der Waals surface area (Å²) < 4.78 is 0. The van der Waals surface area contributed by atoms with Crippen molar-refractivity contribution < 1.29 is 9.59 Å². The summed E-state index contributed by atoms with van der Waals surface area (Å²) in [6.07, 6.45) is 2.12. The number of rotatable bonds is 0. The zero-order chi connectivity index (χ0) is 19.1. The summed E-state index contributed by atoms with van der Waals surface area (Å²) in [6, 6.07) is 11.4. The van der Waals surface area contributed by atoms with E-state index in [2.05, 4.69) is 29.7 Å². The standard InChI is InChI=1S/C22H21N3O2/c1-12-9-15-13(2)11-21(3,4)25-18(15)16(10-12)22(20(25)27)23-17-8-6-5-7-14(17)19(26)24-22/h5-11,23H,1-4H3,(H,24,26)/t22-/m1/s1. The molecule has 2 N–H and O–H groups in total. The Kier molecular flexibility index (Phi) is 2.86. The molecule has 3 heterocycles. The fourth-order valence-electron chi connectivity index (χ4n) is 4.72. The minimum absolute atomic E-state index is 0.152. The van der Waals surface area contributed by atoms with Crippen LogP contribution in [0.4, 0.5) is 11.4 Å². The number of allylic oxidation sites excluding steroid dienone is 1. The number of amides is 2. The summed E-state index contributed by atoms with van der Waals surface area (Å²) in [6.45, 7) is 8.15. The third kappa shape index (κ3) is 1.89. The number of benzene rings is 2. The lowest BCUT2D eigenvalue weighted by molar-refractivity contribution is -0.123. The number of fused-ring (bicyclic) bond motifs is 2. The summed E-state index contributed by atoms with van der Waals surface area (Å²) in [7, 11) is 0. The summed E-state index contributed by atoms with van der Waals surface area (Å²) in [5.74, 6) is -0.392. The zero-order valence-corrected chi connectivity index (χ0v) is 15.8. The molecular weight excluding hydrogens is 338 g/mol. The highest BCUT2D eigenvalue weighted by molar-refractivity contribution is 6.18. The van der Waals surface area contributed by atoms with Gasteiger partial charge < -0.3 is 10.6 Å². The van der Waals surface area contributed by atoms with Crippen LogP contribution in [0.3, 0.4) is 0 Å². The number of carbonyl (C=O) groups is 2. The summed E-state index contributed by atoms with van der Waals surface area (Å²) in [5, 5.41) is 6.35. The van der Waals surface area contributed by atoms with Gasteiger partial charge in [0.15, 0.2) is 0 Å². The van der Waals surface area contributed by atoms with Crippen molar-refractivity contribution in [3.63, 3.8) is 0 Å². The highest BCUT2D eigenvalue weighted by Crippen LogP contribution is 2.52. The molecule has 0 fully saturated rings. The van der Waals surface area contributed by atoms with Gasteiger partial charge in [-0.1, -0.05) is 18.2 Å². The van der Waals surface area contributed by atoms with Gasteiger partial charge in [-0.25, -0.2) is 0 Å². The van der Waals surface area contributed by atoms with Gasteiger partial charge in [-0.15, -0.1) is 0 Å². The van der Waals surface area contributed by atoms with E-state index in [0.717, 1.165) is 28.0 Å². The first-order valence-corrected chi connectivity index (χ1v) is 9.14. The minimum Gasteiger partial charge on any atom is -0.350 e. The molecule has 0 saturated heterocycles. The zero-order valence-electron chi connectivity index (χ0n) is 15.8. The van der Waals surface area contributed by atoms with Crippen LogP contribution in [-0.2, 0) is 10.5 Å². The first-order valence-electron chi connectivity index (χ1n) is 9.14. The average Bonchev–Trinajstić information content (AvgIpc) is 2.82. The van der Waals surface area contributed by atoms with Crippen molar-refractivity contribution in [2.45, 2.75) is 38.9 Å². The third-order valence-corrected chi connectivity index (χ3v) is 5.77. The summed E-state index contributed by atoms with van der Waals surface area (Å²) in [5.41, 5.74) is 4.41. The number of para-hydroxylation sites is 1. The molecule has 5 nitrogen and oxygen atoms in total. The molecule has 0 aliphatic carbocycles. The van der Waals surface area contributed by atoms with Crippen LogP contribution >= 0.6 is 0 Å². The molecule has 0 saturated carbocycles. The molecule has 5 heteroatoms. The molecule has 2 amide bonds. The van der Waals surface area contributed by atoms with E-state index < -0.39 is 11.2 Å². The predicted molar refractivity (Wildman–Crippen MR) is 106 cm³/mol. The molecule has 0 radical (unpaired) electrons. The Morgan fingerprint density at radius 3 is 2.48 bits per heavy atom. The van der Waals surface area contributed by atoms with Crippen molar-refractivity contribution in [1.82, 2.24) is 5.32 Å². The fraction of sp³-hybridized carbons (Fsp3) is 0.273. The maximum absolute atomic E-state index is 13.8. The topological polar surface area (TPSA) is 61.4 Å². The number of hydrogen-bond acceptors (Lipinski definition) is 3. The number of anilines is 2. The van der Waals surface area contributed by atoms with Gasteiger partial charge in [-0.05, 0) is 63.1 Å². The third-order valence-electron chi connectivity index (χ3n) is 5.77. The quantitative estimate of drug-likeness (QED) is 0.756. The molecule has 2 aromatic carbocycles. The molecule has 0 unspecified atom stereocenters. The number of nitrogens with zero attached hydrogens (tertiary/aromatic N) is 1. The number of nitrogens with one attached hydrogen (secondary N) is 2. The van der Waals surface area contributed by atoms with E-state index >= 15 is 0 Å².